The first-order chi connectivity index (χ1) is 11.5. The molecule has 1 aromatic carbocycles. The van der Waals surface area contributed by atoms with Crippen LogP contribution in [-0.2, 0) is 17.8 Å². The van der Waals surface area contributed by atoms with Gasteiger partial charge >= 0.3 is 0 Å². The summed E-state index contributed by atoms with van der Waals surface area (Å²) >= 11 is 0. The number of hydrogen-bond acceptors (Lipinski definition) is 4. The highest BCUT2D eigenvalue weighted by molar-refractivity contribution is 5.98. The van der Waals surface area contributed by atoms with Gasteiger partial charge in [0.2, 0.25) is 5.91 Å². The maximum atomic E-state index is 12.3. The number of primary amides is 1. The Balaban J connectivity index is 1.65. The normalized spacial score (nSPS) is 12.9. The van der Waals surface area contributed by atoms with Gasteiger partial charge in [-0.15, -0.1) is 0 Å². The summed E-state index contributed by atoms with van der Waals surface area (Å²) in [5, 5.41) is 5.58. The number of aryl methyl sites for hydroxylation is 1. The number of nitrogens with one attached hydrogen (secondary N) is 2. The SMILES string of the molecule is NC(=O)c1ccc(CNC(=O)c2ccc3c(c2)CCC(=O)N3)cn1. The number of benzene rings is 1. The zero-order chi connectivity index (χ0) is 17.1. The van der Waals surface area contributed by atoms with Gasteiger partial charge in [-0.25, -0.2) is 0 Å². The first-order valence-corrected chi connectivity index (χ1v) is 7.48. The lowest BCUT2D eigenvalue weighted by Crippen LogP contribution is -2.24. The Morgan fingerprint density at radius 3 is 2.75 bits per heavy atom. The van der Waals surface area contributed by atoms with Crippen molar-refractivity contribution in [2.24, 2.45) is 5.73 Å². The van der Waals surface area contributed by atoms with Crippen molar-refractivity contribution in [3.8, 4) is 0 Å². The van der Waals surface area contributed by atoms with E-state index < -0.39 is 5.91 Å². The third-order valence-electron chi connectivity index (χ3n) is 3.79. The van der Waals surface area contributed by atoms with Gasteiger partial charge in [0, 0.05) is 30.4 Å². The summed E-state index contributed by atoms with van der Waals surface area (Å²) < 4.78 is 0. The minimum atomic E-state index is -0.591. The van der Waals surface area contributed by atoms with Crippen LogP contribution in [0.5, 0.6) is 0 Å². The molecule has 0 unspecified atom stereocenters. The summed E-state index contributed by atoms with van der Waals surface area (Å²) in [6.07, 6.45) is 2.56. The second kappa shape index (κ2) is 6.49. The maximum Gasteiger partial charge on any atom is 0.267 e. The van der Waals surface area contributed by atoms with Crippen molar-refractivity contribution in [3.63, 3.8) is 0 Å². The fourth-order valence-electron chi connectivity index (χ4n) is 2.48. The molecular weight excluding hydrogens is 308 g/mol. The summed E-state index contributed by atoms with van der Waals surface area (Å²) in [5.74, 6) is -0.813. The second-order valence-corrected chi connectivity index (χ2v) is 5.52. The Kier molecular flexibility index (Phi) is 4.24. The monoisotopic (exact) mass is 324 g/mol. The Morgan fingerprint density at radius 1 is 1.21 bits per heavy atom. The van der Waals surface area contributed by atoms with Gasteiger partial charge in [-0.2, -0.15) is 0 Å². The van der Waals surface area contributed by atoms with Crippen LogP contribution in [0.3, 0.4) is 0 Å². The molecule has 0 radical (unpaired) electrons. The summed E-state index contributed by atoms with van der Waals surface area (Å²) in [7, 11) is 0. The van der Waals surface area contributed by atoms with E-state index in [4.69, 9.17) is 5.73 Å². The molecule has 0 fully saturated rings. The molecule has 1 aliphatic heterocycles. The lowest BCUT2D eigenvalue weighted by atomic mass is 10.00. The van der Waals surface area contributed by atoms with Gasteiger partial charge in [-0.3, -0.25) is 19.4 Å². The van der Waals surface area contributed by atoms with E-state index in [1.54, 1.807) is 24.3 Å². The van der Waals surface area contributed by atoms with Crippen molar-refractivity contribution in [2.75, 3.05) is 5.32 Å². The molecule has 0 atom stereocenters. The molecular formula is C17H16N4O3. The van der Waals surface area contributed by atoms with Crippen LogP contribution in [0, 0.1) is 0 Å². The molecule has 122 valence electrons. The highest BCUT2D eigenvalue weighted by atomic mass is 16.2. The Bertz CT molecular complexity index is 815. The van der Waals surface area contributed by atoms with Crippen molar-refractivity contribution in [3.05, 3.63) is 58.9 Å². The topological polar surface area (TPSA) is 114 Å². The van der Waals surface area contributed by atoms with Crippen molar-refractivity contribution >= 4 is 23.4 Å². The molecule has 1 aliphatic rings. The van der Waals surface area contributed by atoms with Crippen molar-refractivity contribution in [1.29, 1.82) is 0 Å². The van der Waals surface area contributed by atoms with Gasteiger partial charge in [0.25, 0.3) is 11.8 Å². The second-order valence-electron chi connectivity index (χ2n) is 5.52. The largest absolute Gasteiger partial charge is 0.364 e. The molecule has 0 saturated heterocycles. The van der Waals surface area contributed by atoms with E-state index in [0.717, 1.165) is 16.8 Å². The molecule has 0 saturated carbocycles. The molecule has 7 heteroatoms. The minimum absolute atomic E-state index is 0.00777. The maximum absolute atomic E-state index is 12.3. The van der Waals surface area contributed by atoms with Gasteiger partial charge in [0.05, 0.1) is 0 Å². The van der Waals surface area contributed by atoms with Crippen molar-refractivity contribution in [1.82, 2.24) is 10.3 Å². The van der Waals surface area contributed by atoms with E-state index in [1.165, 1.54) is 12.3 Å². The quantitative estimate of drug-likeness (QED) is 0.778. The Labute approximate surface area is 138 Å². The smallest absolute Gasteiger partial charge is 0.267 e. The van der Waals surface area contributed by atoms with E-state index in [9.17, 15) is 14.4 Å². The highest BCUT2D eigenvalue weighted by Crippen LogP contribution is 2.23. The lowest BCUT2D eigenvalue weighted by molar-refractivity contribution is -0.116. The third-order valence-corrected chi connectivity index (χ3v) is 3.79. The van der Waals surface area contributed by atoms with Crippen LogP contribution in [0.4, 0.5) is 5.69 Å². The Hall–Kier alpha value is -3.22. The van der Waals surface area contributed by atoms with Crippen LogP contribution >= 0.6 is 0 Å². The number of pyridine rings is 1. The number of rotatable bonds is 4. The number of aromatic nitrogens is 1. The van der Waals surface area contributed by atoms with Gasteiger partial charge in [-0.05, 0) is 41.8 Å². The first kappa shape index (κ1) is 15.7. The van der Waals surface area contributed by atoms with Crippen molar-refractivity contribution < 1.29 is 14.4 Å². The molecule has 0 aliphatic carbocycles. The van der Waals surface area contributed by atoms with E-state index in [-0.39, 0.29) is 17.5 Å². The summed E-state index contributed by atoms with van der Waals surface area (Å²) in [6, 6.07) is 8.42. The number of anilines is 1. The van der Waals surface area contributed by atoms with E-state index >= 15 is 0 Å². The molecule has 7 nitrogen and oxygen atoms in total. The molecule has 2 heterocycles. The number of carbonyl (C=O) groups is 3. The average Bonchev–Trinajstić information content (AvgIpc) is 2.59. The molecule has 2 aromatic rings. The fourth-order valence-corrected chi connectivity index (χ4v) is 2.48. The predicted molar refractivity (Wildman–Crippen MR) is 87.3 cm³/mol. The molecule has 0 bridgehead atoms. The van der Waals surface area contributed by atoms with Gasteiger partial charge < -0.3 is 16.4 Å². The van der Waals surface area contributed by atoms with Gasteiger partial charge in [0.1, 0.15) is 5.69 Å². The van der Waals surface area contributed by atoms with Gasteiger partial charge in [0.15, 0.2) is 0 Å². The van der Waals surface area contributed by atoms with E-state index in [2.05, 4.69) is 15.6 Å². The van der Waals surface area contributed by atoms with Crippen LogP contribution in [0.25, 0.3) is 0 Å². The zero-order valence-electron chi connectivity index (χ0n) is 12.8. The molecule has 3 rings (SSSR count). The summed E-state index contributed by atoms with van der Waals surface area (Å²) in [5.41, 5.74) is 8.32. The number of fused-ring (bicyclic) bond motifs is 1. The van der Waals surface area contributed by atoms with Crippen LogP contribution in [-0.4, -0.2) is 22.7 Å². The summed E-state index contributed by atoms with van der Waals surface area (Å²) in [4.78, 5) is 38.5. The van der Waals surface area contributed by atoms with Crippen LogP contribution in [0.15, 0.2) is 36.5 Å². The minimum Gasteiger partial charge on any atom is -0.364 e. The number of hydrogen-bond donors (Lipinski definition) is 3. The third kappa shape index (κ3) is 3.40. The number of nitrogens with two attached hydrogens (primary N) is 1. The number of nitrogens with zero attached hydrogens (tertiary/aromatic N) is 1. The highest BCUT2D eigenvalue weighted by Gasteiger charge is 2.16. The van der Waals surface area contributed by atoms with E-state index in [0.29, 0.717) is 24.9 Å². The predicted octanol–water partition coefficient (Wildman–Crippen LogP) is 0.995. The lowest BCUT2D eigenvalue weighted by Gasteiger charge is -2.17. The molecule has 4 N–H and O–H groups in total. The van der Waals surface area contributed by atoms with Crippen LogP contribution in [0.2, 0.25) is 0 Å². The average molecular weight is 324 g/mol. The van der Waals surface area contributed by atoms with E-state index in [1.807, 2.05) is 0 Å². The molecule has 1 aromatic heterocycles. The van der Waals surface area contributed by atoms with Crippen LogP contribution < -0.4 is 16.4 Å². The number of carbonyl (C=O) groups excluding carboxylic acids is 3. The zero-order valence-corrected chi connectivity index (χ0v) is 12.8. The van der Waals surface area contributed by atoms with Crippen LogP contribution in [0.1, 0.15) is 38.4 Å². The Morgan fingerprint density at radius 2 is 2.04 bits per heavy atom. The standard InChI is InChI=1S/C17H16N4O3/c18-16(23)14-4-1-10(8-19-14)9-20-17(24)12-2-5-13-11(7-12)3-6-15(22)21-13/h1-2,4-5,7-8H,3,6,9H2,(H2,18,23)(H,20,24)(H,21,22). The van der Waals surface area contributed by atoms with Gasteiger partial charge in [-0.1, -0.05) is 6.07 Å². The first-order valence-electron chi connectivity index (χ1n) is 7.48. The number of amides is 3. The fraction of sp³-hybridized carbons (Fsp3) is 0.176. The molecule has 3 amide bonds. The van der Waals surface area contributed by atoms with Crippen molar-refractivity contribution in [2.45, 2.75) is 19.4 Å². The molecule has 0 spiro atoms. The summed E-state index contributed by atoms with van der Waals surface area (Å²) in [6.45, 7) is 0.290. The molecule has 24 heavy (non-hydrogen) atoms.